The first-order chi connectivity index (χ1) is 9.14. The van der Waals surface area contributed by atoms with Crippen LogP contribution >= 0.6 is 23.3 Å². The molecule has 1 aromatic rings. The number of rotatable bonds is 10. The molecule has 0 aromatic carbocycles. The summed E-state index contributed by atoms with van der Waals surface area (Å²) in [5, 5.41) is 12.6. The number of aliphatic carboxylic acids is 1. The molecule has 0 amide bonds. The van der Waals surface area contributed by atoms with Gasteiger partial charge in [-0.05, 0) is 43.8 Å². The first-order valence-corrected chi connectivity index (χ1v) is 8.28. The molecule has 1 atom stereocenters. The Kier molecular flexibility index (Phi) is 7.33. The molecular weight excluding hydrogens is 282 g/mol. The van der Waals surface area contributed by atoms with Crippen LogP contribution in [0.5, 0.6) is 0 Å². The normalized spacial score (nSPS) is 14.2. The first-order valence-electron chi connectivity index (χ1n) is 6.52. The summed E-state index contributed by atoms with van der Waals surface area (Å²) in [6.07, 6.45) is 4.58. The fraction of sp³-hybridized carbons (Fsp3) is 0.750. The zero-order valence-electron chi connectivity index (χ0n) is 11.4. The van der Waals surface area contributed by atoms with Gasteiger partial charge in [-0.2, -0.15) is 4.37 Å². The predicted octanol–water partition coefficient (Wildman–Crippen LogP) is 2.64. The number of hydrogen-bond acceptors (Lipinski definition) is 6. The van der Waals surface area contributed by atoms with Gasteiger partial charge in [0, 0.05) is 5.75 Å². The highest BCUT2D eigenvalue weighted by Gasteiger charge is 2.35. The second-order valence-electron chi connectivity index (χ2n) is 4.33. The van der Waals surface area contributed by atoms with Crippen LogP contribution in [0.15, 0.2) is 10.7 Å². The van der Waals surface area contributed by atoms with Gasteiger partial charge in [0.15, 0.2) is 4.34 Å². The van der Waals surface area contributed by atoms with Gasteiger partial charge in [0.05, 0.1) is 0 Å². The van der Waals surface area contributed by atoms with E-state index in [2.05, 4.69) is 14.7 Å². The number of carboxylic acid groups (broad SMARTS) is 1. The van der Waals surface area contributed by atoms with Crippen LogP contribution < -0.4 is 5.32 Å². The minimum atomic E-state index is -0.780. The SMILES string of the molecule is CCCNC(CC)(CCCSc1ncns1)C(=O)O. The number of nitrogens with zero attached hydrogens (tertiary/aromatic N) is 2. The average molecular weight is 303 g/mol. The van der Waals surface area contributed by atoms with Crippen LogP contribution in [0.25, 0.3) is 0 Å². The Morgan fingerprint density at radius 2 is 2.37 bits per heavy atom. The van der Waals surface area contributed by atoms with Crippen molar-refractivity contribution in [3.8, 4) is 0 Å². The molecule has 0 saturated heterocycles. The van der Waals surface area contributed by atoms with E-state index in [4.69, 9.17) is 0 Å². The third-order valence-corrected chi connectivity index (χ3v) is 4.92. The minimum absolute atomic E-state index is 0.603. The number of carboxylic acids is 1. The molecule has 0 fully saturated rings. The van der Waals surface area contributed by atoms with Gasteiger partial charge in [0.2, 0.25) is 0 Å². The van der Waals surface area contributed by atoms with Gasteiger partial charge in [-0.1, -0.05) is 25.6 Å². The van der Waals surface area contributed by atoms with E-state index in [1.165, 1.54) is 11.5 Å². The van der Waals surface area contributed by atoms with E-state index >= 15 is 0 Å². The second-order valence-corrected chi connectivity index (χ2v) is 6.45. The predicted molar refractivity (Wildman–Crippen MR) is 78.8 cm³/mol. The first kappa shape index (κ1) is 16.4. The Hall–Kier alpha value is -0.660. The van der Waals surface area contributed by atoms with Crippen LogP contribution in [0.3, 0.4) is 0 Å². The van der Waals surface area contributed by atoms with Crippen LogP contribution in [0.1, 0.15) is 39.5 Å². The summed E-state index contributed by atoms with van der Waals surface area (Å²) in [7, 11) is 0. The van der Waals surface area contributed by atoms with Crippen LogP contribution in [0.4, 0.5) is 0 Å². The lowest BCUT2D eigenvalue weighted by atomic mass is 9.90. The highest BCUT2D eigenvalue weighted by Crippen LogP contribution is 2.23. The Bertz CT molecular complexity index is 373. The zero-order chi connectivity index (χ0) is 14.1. The van der Waals surface area contributed by atoms with Crippen LogP contribution in [0.2, 0.25) is 0 Å². The lowest BCUT2D eigenvalue weighted by Crippen LogP contribution is -2.52. The lowest BCUT2D eigenvalue weighted by molar-refractivity contribution is -0.145. The summed E-state index contributed by atoms with van der Waals surface area (Å²) in [6.45, 7) is 4.71. The van der Waals surface area contributed by atoms with Gasteiger partial charge in [-0.15, -0.1) is 0 Å². The molecule has 0 aliphatic heterocycles. The van der Waals surface area contributed by atoms with Gasteiger partial charge < -0.3 is 10.4 Å². The fourth-order valence-corrected chi connectivity index (χ4v) is 3.30. The van der Waals surface area contributed by atoms with E-state index in [0.29, 0.717) is 12.8 Å². The van der Waals surface area contributed by atoms with Gasteiger partial charge in [0.1, 0.15) is 11.9 Å². The molecule has 0 radical (unpaired) electrons. The quantitative estimate of drug-likeness (QED) is 0.511. The fourth-order valence-electron chi connectivity index (χ4n) is 1.85. The molecule has 1 heterocycles. The van der Waals surface area contributed by atoms with Crippen molar-refractivity contribution < 1.29 is 9.90 Å². The molecule has 1 unspecified atom stereocenters. The third-order valence-electron chi connectivity index (χ3n) is 3.04. The molecule has 0 spiro atoms. The molecule has 1 aromatic heterocycles. The maximum Gasteiger partial charge on any atom is 0.323 e. The van der Waals surface area contributed by atoms with Gasteiger partial charge >= 0.3 is 5.97 Å². The Balaban J connectivity index is 2.41. The van der Waals surface area contributed by atoms with Crippen LogP contribution in [-0.4, -0.2) is 38.3 Å². The molecule has 108 valence electrons. The number of carbonyl (C=O) groups is 1. The topological polar surface area (TPSA) is 75.1 Å². The Morgan fingerprint density at radius 1 is 1.58 bits per heavy atom. The summed E-state index contributed by atoms with van der Waals surface area (Å²) in [4.78, 5) is 15.6. The van der Waals surface area contributed by atoms with E-state index in [-0.39, 0.29) is 0 Å². The van der Waals surface area contributed by atoms with Crippen LogP contribution in [0, 0.1) is 0 Å². The molecule has 19 heavy (non-hydrogen) atoms. The summed E-state index contributed by atoms with van der Waals surface area (Å²) in [6, 6.07) is 0. The van der Waals surface area contributed by atoms with Crippen LogP contribution in [-0.2, 0) is 4.79 Å². The number of thioether (sulfide) groups is 1. The summed E-state index contributed by atoms with van der Waals surface area (Å²) >= 11 is 3.01. The van der Waals surface area contributed by atoms with Crippen molar-refractivity contribution in [2.45, 2.75) is 49.4 Å². The summed E-state index contributed by atoms with van der Waals surface area (Å²) in [5.74, 6) is 0.127. The zero-order valence-corrected chi connectivity index (χ0v) is 13.0. The summed E-state index contributed by atoms with van der Waals surface area (Å²) < 4.78 is 4.88. The van der Waals surface area contributed by atoms with E-state index in [1.54, 1.807) is 18.1 Å². The maximum absolute atomic E-state index is 11.5. The largest absolute Gasteiger partial charge is 0.480 e. The van der Waals surface area contributed by atoms with E-state index in [9.17, 15) is 9.90 Å². The average Bonchev–Trinajstić information content (AvgIpc) is 2.91. The molecule has 1 rings (SSSR count). The number of aromatic nitrogens is 2. The third kappa shape index (κ3) is 5.08. The molecule has 2 N–H and O–H groups in total. The Labute approximate surface area is 122 Å². The highest BCUT2D eigenvalue weighted by molar-refractivity contribution is 8.00. The molecule has 0 bridgehead atoms. The smallest absolute Gasteiger partial charge is 0.323 e. The molecule has 0 saturated carbocycles. The summed E-state index contributed by atoms with van der Waals surface area (Å²) in [5.41, 5.74) is -0.780. The number of nitrogens with one attached hydrogen (secondary N) is 1. The van der Waals surface area contributed by atoms with Crippen molar-refractivity contribution in [2.24, 2.45) is 0 Å². The molecule has 0 aliphatic carbocycles. The van der Waals surface area contributed by atoms with Crippen molar-refractivity contribution >= 4 is 29.3 Å². The van der Waals surface area contributed by atoms with Crippen molar-refractivity contribution in [1.29, 1.82) is 0 Å². The van der Waals surface area contributed by atoms with Crippen molar-refractivity contribution in [3.63, 3.8) is 0 Å². The van der Waals surface area contributed by atoms with Gasteiger partial charge in [-0.3, -0.25) is 4.79 Å². The number of hydrogen-bond donors (Lipinski definition) is 2. The second kappa shape index (κ2) is 8.50. The van der Waals surface area contributed by atoms with Gasteiger partial charge in [-0.25, -0.2) is 4.98 Å². The maximum atomic E-state index is 11.5. The van der Waals surface area contributed by atoms with E-state index in [0.717, 1.165) is 29.5 Å². The van der Waals surface area contributed by atoms with E-state index in [1.807, 2.05) is 13.8 Å². The minimum Gasteiger partial charge on any atom is -0.480 e. The van der Waals surface area contributed by atoms with Crippen molar-refractivity contribution in [1.82, 2.24) is 14.7 Å². The van der Waals surface area contributed by atoms with Crippen molar-refractivity contribution in [3.05, 3.63) is 6.33 Å². The van der Waals surface area contributed by atoms with E-state index < -0.39 is 11.5 Å². The molecule has 0 aliphatic rings. The molecular formula is C12H21N3O2S2. The van der Waals surface area contributed by atoms with Gasteiger partial charge in [0.25, 0.3) is 0 Å². The standard InChI is InChI=1S/C12H21N3O2S2/c1-3-7-14-12(4-2,10(16)17)6-5-8-18-11-13-9-15-19-11/h9,14H,3-8H2,1-2H3,(H,16,17). The monoisotopic (exact) mass is 303 g/mol. The highest BCUT2D eigenvalue weighted by atomic mass is 32.2. The van der Waals surface area contributed by atoms with Crippen molar-refractivity contribution in [2.75, 3.05) is 12.3 Å². The molecule has 7 heteroatoms. The Morgan fingerprint density at radius 3 is 2.89 bits per heavy atom. The lowest BCUT2D eigenvalue weighted by Gasteiger charge is -2.29. The molecule has 5 nitrogen and oxygen atoms in total.